The van der Waals surface area contributed by atoms with Gasteiger partial charge in [0.2, 0.25) is 0 Å². The smallest absolute Gasteiger partial charge is 0.338 e. The topological polar surface area (TPSA) is 67.2 Å². The Labute approximate surface area is 97.2 Å². The third-order valence-electron chi connectivity index (χ3n) is 1.67. The molecule has 0 bridgehead atoms. The van der Waals surface area contributed by atoms with Gasteiger partial charge in [-0.15, -0.1) is 0 Å². The molecule has 82 valence electrons. The molecule has 1 aromatic rings. The highest BCUT2D eigenvalue weighted by Crippen LogP contribution is 2.02. The lowest BCUT2D eigenvalue weighted by Crippen LogP contribution is -2.15. The standard InChI is InChI=1S/C11H9NO3S/c12-8-16-7-10(13)6-15-11(14)9-4-2-1-3-5-9/h1-5H,6-7H2. The molecule has 0 N–H and O–H groups in total. The van der Waals surface area contributed by atoms with Crippen LogP contribution < -0.4 is 0 Å². The fraction of sp³-hybridized carbons (Fsp3) is 0.182. The molecule has 0 aliphatic heterocycles. The Morgan fingerprint density at radius 2 is 2.00 bits per heavy atom. The lowest BCUT2D eigenvalue weighted by atomic mass is 10.2. The lowest BCUT2D eigenvalue weighted by Gasteiger charge is -2.02. The second-order valence-corrected chi connectivity index (χ2v) is 3.62. The first kappa shape index (κ1) is 12.3. The van der Waals surface area contributed by atoms with Crippen molar-refractivity contribution < 1.29 is 14.3 Å². The second-order valence-electron chi connectivity index (χ2n) is 2.86. The van der Waals surface area contributed by atoms with Crippen LogP contribution in [0.4, 0.5) is 0 Å². The minimum absolute atomic E-state index is 0.0402. The van der Waals surface area contributed by atoms with E-state index >= 15 is 0 Å². The lowest BCUT2D eigenvalue weighted by molar-refractivity contribution is -0.119. The number of nitriles is 1. The zero-order chi connectivity index (χ0) is 11.8. The number of hydrogen-bond donors (Lipinski definition) is 0. The van der Waals surface area contributed by atoms with Gasteiger partial charge in [0.15, 0.2) is 12.4 Å². The molecule has 16 heavy (non-hydrogen) atoms. The van der Waals surface area contributed by atoms with Crippen molar-refractivity contribution in [2.45, 2.75) is 0 Å². The van der Waals surface area contributed by atoms with Crippen molar-refractivity contribution in [1.82, 2.24) is 0 Å². The predicted octanol–water partition coefficient (Wildman–Crippen LogP) is 1.63. The quantitative estimate of drug-likeness (QED) is 0.573. The normalized spacial score (nSPS) is 9.19. The molecule has 0 aromatic heterocycles. The van der Waals surface area contributed by atoms with Gasteiger partial charge < -0.3 is 4.74 Å². The monoisotopic (exact) mass is 235 g/mol. The van der Waals surface area contributed by atoms with Gasteiger partial charge in [0.1, 0.15) is 5.40 Å². The van der Waals surface area contributed by atoms with Crippen LogP contribution in [-0.2, 0) is 9.53 Å². The number of carbonyl (C=O) groups is 2. The van der Waals surface area contributed by atoms with Crippen LogP contribution in [0, 0.1) is 10.7 Å². The third kappa shape index (κ3) is 4.15. The molecule has 0 atom stereocenters. The van der Waals surface area contributed by atoms with E-state index in [1.54, 1.807) is 35.7 Å². The molecule has 0 fully saturated rings. The summed E-state index contributed by atoms with van der Waals surface area (Å²) in [5.41, 5.74) is 0.406. The molecule has 0 unspecified atom stereocenters. The molecule has 4 nitrogen and oxygen atoms in total. The summed E-state index contributed by atoms with van der Waals surface area (Å²) < 4.78 is 4.78. The number of esters is 1. The molecular weight excluding hydrogens is 226 g/mol. The van der Waals surface area contributed by atoms with Gasteiger partial charge in [0.05, 0.1) is 11.3 Å². The van der Waals surface area contributed by atoms with Crippen molar-refractivity contribution in [1.29, 1.82) is 5.26 Å². The van der Waals surface area contributed by atoms with Crippen LogP contribution in [-0.4, -0.2) is 24.1 Å². The maximum absolute atomic E-state index is 11.4. The highest BCUT2D eigenvalue weighted by Gasteiger charge is 2.09. The Morgan fingerprint density at radius 1 is 1.31 bits per heavy atom. The minimum atomic E-state index is -0.532. The minimum Gasteiger partial charge on any atom is -0.454 e. The largest absolute Gasteiger partial charge is 0.454 e. The van der Waals surface area contributed by atoms with Crippen molar-refractivity contribution in [3.8, 4) is 5.40 Å². The number of Topliss-reactive ketones (excluding diaryl/α,β-unsaturated/α-hetero) is 1. The molecule has 0 aliphatic carbocycles. The van der Waals surface area contributed by atoms with Crippen molar-refractivity contribution in [2.75, 3.05) is 12.4 Å². The van der Waals surface area contributed by atoms with E-state index in [2.05, 4.69) is 0 Å². The number of benzene rings is 1. The number of rotatable bonds is 5. The summed E-state index contributed by atoms with van der Waals surface area (Å²) in [5.74, 6) is -0.773. The SMILES string of the molecule is N#CSCC(=O)COC(=O)c1ccccc1. The molecule has 0 radical (unpaired) electrons. The van der Waals surface area contributed by atoms with Gasteiger partial charge in [-0.3, -0.25) is 4.79 Å². The molecule has 0 saturated heterocycles. The van der Waals surface area contributed by atoms with Crippen LogP contribution >= 0.6 is 11.8 Å². The third-order valence-corrected chi connectivity index (χ3v) is 2.27. The van der Waals surface area contributed by atoms with E-state index in [0.717, 1.165) is 11.8 Å². The average Bonchev–Trinajstić information content (AvgIpc) is 2.34. The number of thiocyanates is 1. The number of thioether (sulfide) groups is 1. The Bertz CT molecular complexity index is 411. The maximum atomic E-state index is 11.4. The molecule has 1 aromatic carbocycles. The van der Waals surface area contributed by atoms with E-state index in [-0.39, 0.29) is 18.1 Å². The van der Waals surface area contributed by atoms with Gasteiger partial charge in [-0.05, 0) is 23.9 Å². The highest BCUT2D eigenvalue weighted by atomic mass is 32.2. The van der Waals surface area contributed by atoms with E-state index in [0.29, 0.717) is 5.56 Å². The van der Waals surface area contributed by atoms with Crippen molar-refractivity contribution in [3.05, 3.63) is 35.9 Å². The Morgan fingerprint density at radius 3 is 2.62 bits per heavy atom. The van der Waals surface area contributed by atoms with Gasteiger partial charge in [-0.2, -0.15) is 5.26 Å². The van der Waals surface area contributed by atoms with Gasteiger partial charge in [-0.25, -0.2) is 4.79 Å². The van der Waals surface area contributed by atoms with E-state index in [1.807, 2.05) is 0 Å². The second kappa shape index (κ2) is 6.64. The molecule has 5 heteroatoms. The molecule has 0 heterocycles. The number of ketones is 1. The molecular formula is C11H9NO3S. The molecule has 0 amide bonds. The van der Waals surface area contributed by atoms with E-state index in [4.69, 9.17) is 10.00 Å². The van der Waals surface area contributed by atoms with E-state index in [1.165, 1.54) is 0 Å². The Kier molecular flexibility index (Phi) is 5.09. The predicted molar refractivity (Wildman–Crippen MR) is 59.8 cm³/mol. The fourth-order valence-corrected chi connectivity index (χ4v) is 1.27. The van der Waals surface area contributed by atoms with Crippen LogP contribution in [0.2, 0.25) is 0 Å². The van der Waals surface area contributed by atoms with Crippen LogP contribution in [0.15, 0.2) is 30.3 Å². The Balaban J connectivity index is 2.37. The van der Waals surface area contributed by atoms with Crippen LogP contribution in [0.1, 0.15) is 10.4 Å². The summed E-state index contributed by atoms with van der Waals surface area (Å²) >= 11 is 0.828. The number of carbonyl (C=O) groups excluding carboxylic acids is 2. The van der Waals surface area contributed by atoms with E-state index in [9.17, 15) is 9.59 Å². The van der Waals surface area contributed by atoms with Crippen molar-refractivity contribution >= 4 is 23.5 Å². The first-order valence-electron chi connectivity index (χ1n) is 4.49. The number of ether oxygens (including phenoxy) is 1. The van der Waals surface area contributed by atoms with Gasteiger partial charge >= 0.3 is 5.97 Å². The first-order chi connectivity index (χ1) is 7.74. The zero-order valence-electron chi connectivity index (χ0n) is 8.38. The molecule has 0 saturated carbocycles. The summed E-state index contributed by atoms with van der Waals surface area (Å²) in [5, 5.41) is 10.00. The van der Waals surface area contributed by atoms with Crippen LogP contribution in [0.25, 0.3) is 0 Å². The number of hydrogen-bond acceptors (Lipinski definition) is 5. The summed E-state index contributed by atoms with van der Waals surface area (Å²) in [7, 11) is 0. The van der Waals surface area contributed by atoms with Crippen molar-refractivity contribution in [2.24, 2.45) is 0 Å². The van der Waals surface area contributed by atoms with Gasteiger partial charge in [0.25, 0.3) is 0 Å². The van der Waals surface area contributed by atoms with Crippen molar-refractivity contribution in [3.63, 3.8) is 0 Å². The molecule has 1 rings (SSSR count). The van der Waals surface area contributed by atoms with Crippen LogP contribution in [0.3, 0.4) is 0 Å². The fourth-order valence-electron chi connectivity index (χ4n) is 0.958. The first-order valence-corrected chi connectivity index (χ1v) is 5.47. The van der Waals surface area contributed by atoms with Crippen LogP contribution in [0.5, 0.6) is 0 Å². The number of nitrogens with zero attached hydrogens (tertiary/aromatic N) is 1. The van der Waals surface area contributed by atoms with Gasteiger partial charge in [-0.1, -0.05) is 18.2 Å². The Hall–Kier alpha value is -1.80. The summed E-state index contributed by atoms with van der Waals surface area (Å²) in [6.07, 6.45) is 0. The zero-order valence-corrected chi connectivity index (χ0v) is 9.20. The molecule has 0 spiro atoms. The average molecular weight is 235 g/mol. The maximum Gasteiger partial charge on any atom is 0.338 e. The summed E-state index contributed by atoms with van der Waals surface area (Å²) in [4.78, 5) is 22.5. The van der Waals surface area contributed by atoms with E-state index < -0.39 is 5.97 Å². The van der Waals surface area contributed by atoms with Gasteiger partial charge in [0, 0.05) is 0 Å². The molecule has 0 aliphatic rings. The summed E-state index contributed by atoms with van der Waals surface area (Å²) in [6, 6.07) is 8.42. The highest BCUT2D eigenvalue weighted by molar-refractivity contribution is 8.04. The summed E-state index contributed by atoms with van der Waals surface area (Å²) in [6.45, 7) is -0.289.